The summed E-state index contributed by atoms with van der Waals surface area (Å²) in [4.78, 5) is 45.2. The van der Waals surface area contributed by atoms with Crippen molar-refractivity contribution in [3.8, 4) is 22.8 Å². The van der Waals surface area contributed by atoms with Crippen molar-refractivity contribution in [2.45, 2.75) is 6.54 Å². The van der Waals surface area contributed by atoms with E-state index in [1.165, 1.54) is 0 Å². The van der Waals surface area contributed by atoms with E-state index in [0.717, 1.165) is 21.8 Å². The van der Waals surface area contributed by atoms with Crippen molar-refractivity contribution < 1.29 is 23.9 Å². The molecule has 3 aromatic carbocycles. The lowest BCUT2D eigenvalue weighted by Gasteiger charge is -2.11. The number of ether oxygens (including phenoxy) is 2. The van der Waals surface area contributed by atoms with Crippen LogP contribution in [0.5, 0.6) is 11.5 Å². The second-order valence-corrected chi connectivity index (χ2v) is 9.00. The van der Waals surface area contributed by atoms with Crippen LogP contribution in [0.3, 0.4) is 0 Å². The Hall–Kier alpha value is -4.50. The number of amides is 3. The highest BCUT2D eigenvalue weighted by atomic mass is 32.1. The van der Waals surface area contributed by atoms with E-state index < -0.39 is 0 Å². The Kier molecular flexibility index (Phi) is 5.04. The summed E-state index contributed by atoms with van der Waals surface area (Å²) in [5, 5.41) is 3.37. The van der Waals surface area contributed by atoms with Crippen LogP contribution in [-0.4, -0.2) is 34.4 Å². The Morgan fingerprint density at radius 3 is 2.34 bits per heavy atom. The van der Waals surface area contributed by atoms with Gasteiger partial charge in [0.25, 0.3) is 17.7 Å². The topological polar surface area (TPSA) is 97.8 Å². The highest BCUT2D eigenvalue weighted by molar-refractivity contribution is 7.14. The standard InChI is InChI=1S/C26H17N3O5S/c30-24(27-16-10-11-19-20(12-16)34-14-33-19)23-22(15-6-2-1-3-7-15)28-21(35-23)13-29-25(31)17-8-4-5-9-18(17)26(29)32/h1-12H,13-14H2,(H,27,30). The number of hydrogen-bond donors (Lipinski definition) is 1. The molecule has 9 heteroatoms. The van der Waals surface area contributed by atoms with E-state index in [9.17, 15) is 14.4 Å². The van der Waals surface area contributed by atoms with Gasteiger partial charge in [0, 0.05) is 17.3 Å². The molecule has 2 aliphatic rings. The number of nitrogens with one attached hydrogen (secondary N) is 1. The fourth-order valence-corrected chi connectivity index (χ4v) is 5.03. The average molecular weight is 484 g/mol. The summed E-state index contributed by atoms with van der Waals surface area (Å²) in [6.45, 7) is 0.120. The number of imide groups is 1. The van der Waals surface area contributed by atoms with Crippen molar-refractivity contribution in [3.05, 3.63) is 93.8 Å². The third kappa shape index (κ3) is 3.71. The van der Waals surface area contributed by atoms with Gasteiger partial charge < -0.3 is 14.8 Å². The number of thiazole rings is 1. The lowest BCUT2D eigenvalue weighted by Crippen LogP contribution is -2.29. The van der Waals surface area contributed by atoms with Crippen LogP contribution >= 0.6 is 11.3 Å². The predicted octanol–water partition coefficient (Wildman–Crippen LogP) is 4.59. The van der Waals surface area contributed by atoms with E-state index in [1.807, 2.05) is 30.3 Å². The van der Waals surface area contributed by atoms with E-state index in [-0.39, 0.29) is 31.1 Å². The monoisotopic (exact) mass is 483 g/mol. The average Bonchev–Trinajstić information content (AvgIpc) is 3.59. The van der Waals surface area contributed by atoms with Crippen LogP contribution in [0.1, 0.15) is 35.4 Å². The maximum absolute atomic E-state index is 13.3. The molecule has 1 aromatic heterocycles. The second-order valence-electron chi connectivity index (χ2n) is 7.92. The van der Waals surface area contributed by atoms with Gasteiger partial charge in [-0.3, -0.25) is 19.3 Å². The summed E-state index contributed by atoms with van der Waals surface area (Å²) in [7, 11) is 0. The zero-order valence-electron chi connectivity index (χ0n) is 18.2. The third-order valence-corrected chi connectivity index (χ3v) is 6.77. The maximum Gasteiger partial charge on any atom is 0.268 e. The highest BCUT2D eigenvalue weighted by Crippen LogP contribution is 2.35. The van der Waals surface area contributed by atoms with Crippen LogP contribution < -0.4 is 14.8 Å². The first kappa shape index (κ1) is 21.1. The van der Waals surface area contributed by atoms with Crippen LogP contribution in [0.15, 0.2) is 72.8 Å². The fourth-order valence-electron chi connectivity index (χ4n) is 4.06. The molecule has 0 atom stereocenters. The molecule has 1 N–H and O–H groups in total. The number of fused-ring (bicyclic) bond motifs is 2. The molecule has 35 heavy (non-hydrogen) atoms. The minimum absolute atomic E-state index is 0.0197. The van der Waals surface area contributed by atoms with Crippen LogP contribution in [0, 0.1) is 0 Å². The third-order valence-electron chi connectivity index (χ3n) is 5.73. The van der Waals surface area contributed by atoms with Gasteiger partial charge in [-0.15, -0.1) is 11.3 Å². The molecule has 172 valence electrons. The molecule has 0 saturated heterocycles. The van der Waals surface area contributed by atoms with Crippen LogP contribution in [0.2, 0.25) is 0 Å². The largest absolute Gasteiger partial charge is 0.454 e. The number of nitrogens with zero attached hydrogens (tertiary/aromatic N) is 2. The maximum atomic E-state index is 13.3. The molecule has 0 aliphatic carbocycles. The van der Waals surface area contributed by atoms with Gasteiger partial charge in [0.15, 0.2) is 11.5 Å². The Balaban J connectivity index is 1.32. The summed E-state index contributed by atoms with van der Waals surface area (Å²) in [5.41, 5.74) is 2.54. The Bertz CT molecular complexity index is 1460. The number of hydrogen-bond acceptors (Lipinski definition) is 7. The Morgan fingerprint density at radius 2 is 1.60 bits per heavy atom. The highest BCUT2D eigenvalue weighted by Gasteiger charge is 2.36. The molecular formula is C26H17N3O5S. The van der Waals surface area contributed by atoms with Crippen molar-refractivity contribution in [3.63, 3.8) is 0 Å². The zero-order chi connectivity index (χ0) is 23.9. The lowest BCUT2D eigenvalue weighted by molar-refractivity contribution is 0.0642. The van der Waals surface area contributed by atoms with Crippen molar-refractivity contribution in [2.24, 2.45) is 0 Å². The van der Waals surface area contributed by atoms with Gasteiger partial charge in [-0.2, -0.15) is 0 Å². The quantitative estimate of drug-likeness (QED) is 0.417. The van der Waals surface area contributed by atoms with E-state index in [0.29, 0.717) is 43.9 Å². The minimum atomic E-state index is -0.367. The lowest BCUT2D eigenvalue weighted by atomic mass is 10.1. The van der Waals surface area contributed by atoms with Gasteiger partial charge in [-0.1, -0.05) is 42.5 Å². The number of aromatic nitrogens is 1. The molecule has 0 radical (unpaired) electrons. The number of carbonyl (C=O) groups excluding carboxylic acids is 3. The summed E-state index contributed by atoms with van der Waals surface area (Å²) < 4.78 is 10.7. The second kappa shape index (κ2) is 8.37. The molecule has 8 nitrogen and oxygen atoms in total. The molecule has 0 bridgehead atoms. The number of rotatable bonds is 5. The first-order valence-electron chi connectivity index (χ1n) is 10.8. The van der Waals surface area contributed by atoms with Gasteiger partial charge in [0.1, 0.15) is 9.88 Å². The smallest absolute Gasteiger partial charge is 0.268 e. The van der Waals surface area contributed by atoms with Crippen LogP contribution in [0.25, 0.3) is 11.3 Å². The predicted molar refractivity (Wildman–Crippen MR) is 129 cm³/mol. The molecule has 3 heterocycles. The van der Waals surface area contributed by atoms with E-state index in [4.69, 9.17) is 9.47 Å². The molecule has 0 spiro atoms. The van der Waals surface area contributed by atoms with E-state index in [1.54, 1.807) is 42.5 Å². The fraction of sp³-hybridized carbons (Fsp3) is 0.0769. The van der Waals surface area contributed by atoms with E-state index in [2.05, 4.69) is 10.3 Å². The molecular weight excluding hydrogens is 466 g/mol. The first-order chi connectivity index (χ1) is 17.1. The van der Waals surface area contributed by atoms with E-state index >= 15 is 0 Å². The summed E-state index contributed by atoms with van der Waals surface area (Å²) >= 11 is 1.15. The van der Waals surface area contributed by atoms with Gasteiger partial charge in [0.2, 0.25) is 6.79 Å². The van der Waals surface area contributed by atoms with Gasteiger partial charge in [-0.05, 0) is 24.3 Å². The van der Waals surface area contributed by atoms with Crippen LogP contribution in [0.4, 0.5) is 5.69 Å². The summed E-state index contributed by atoms with van der Waals surface area (Å²) in [6, 6.07) is 21.2. The Morgan fingerprint density at radius 1 is 0.914 bits per heavy atom. The molecule has 3 amide bonds. The molecule has 4 aromatic rings. The normalized spacial score (nSPS) is 13.8. The van der Waals surface area contributed by atoms with Gasteiger partial charge >= 0.3 is 0 Å². The van der Waals surface area contributed by atoms with Crippen molar-refractivity contribution in [1.82, 2.24) is 9.88 Å². The molecule has 0 unspecified atom stereocenters. The SMILES string of the molecule is O=C(Nc1ccc2c(c1)OCO2)c1sc(CN2C(=O)c3ccccc3C2=O)nc1-c1ccccc1. The molecule has 0 saturated carbocycles. The number of benzene rings is 3. The Labute approximate surface area is 203 Å². The van der Waals surface area contributed by atoms with Gasteiger partial charge in [-0.25, -0.2) is 4.98 Å². The van der Waals surface area contributed by atoms with Gasteiger partial charge in [0.05, 0.1) is 23.4 Å². The first-order valence-corrected chi connectivity index (χ1v) is 11.6. The minimum Gasteiger partial charge on any atom is -0.454 e. The van der Waals surface area contributed by atoms with Crippen LogP contribution in [-0.2, 0) is 6.54 Å². The van der Waals surface area contributed by atoms with Crippen molar-refractivity contribution >= 4 is 34.7 Å². The molecule has 6 rings (SSSR count). The molecule has 2 aliphatic heterocycles. The number of anilines is 1. The zero-order valence-corrected chi connectivity index (χ0v) is 19.0. The molecule has 0 fully saturated rings. The summed E-state index contributed by atoms with van der Waals surface area (Å²) in [6.07, 6.45) is 0. The summed E-state index contributed by atoms with van der Waals surface area (Å²) in [5.74, 6) is 0.0892. The van der Waals surface area contributed by atoms with Crippen molar-refractivity contribution in [1.29, 1.82) is 0 Å². The van der Waals surface area contributed by atoms with Crippen molar-refractivity contribution in [2.75, 3.05) is 12.1 Å². The number of carbonyl (C=O) groups is 3.